The van der Waals surface area contributed by atoms with Crippen molar-refractivity contribution in [2.45, 2.75) is 53.0 Å². The normalized spacial score (nSPS) is 19.7. The molecule has 4 nitrogen and oxygen atoms in total. The number of nitrogens with one attached hydrogen (secondary N) is 1. The van der Waals surface area contributed by atoms with Crippen molar-refractivity contribution in [3.05, 3.63) is 23.2 Å². The number of rotatable bonds is 6. The molecule has 1 aliphatic heterocycles. The molecule has 2 heterocycles. The van der Waals surface area contributed by atoms with Crippen LogP contribution in [-0.4, -0.2) is 30.4 Å². The highest BCUT2D eigenvalue weighted by Crippen LogP contribution is 2.20. The Bertz CT molecular complexity index is 448. The average molecular weight is 292 g/mol. The molecule has 21 heavy (non-hydrogen) atoms. The quantitative estimate of drug-likeness (QED) is 0.876. The molecule has 0 bridgehead atoms. The van der Waals surface area contributed by atoms with E-state index in [1.165, 1.54) is 18.4 Å². The Morgan fingerprint density at radius 3 is 2.95 bits per heavy atom. The maximum atomic E-state index is 11.6. The third kappa shape index (κ3) is 4.88. The van der Waals surface area contributed by atoms with Crippen molar-refractivity contribution in [1.82, 2.24) is 10.2 Å². The Hall–Kier alpha value is -1.29. The van der Waals surface area contributed by atoms with Crippen LogP contribution in [0.3, 0.4) is 0 Å². The minimum Gasteiger partial charge on any atom is -0.465 e. The molecule has 0 spiro atoms. The van der Waals surface area contributed by atoms with Crippen LogP contribution < -0.4 is 5.32 Å². The van der Waals surface area contributed by atoms with Crippen molar-refractivity contribution in [3.8, 4) is 0 Å². The maximum absolute atomic E-state index is 11.6. The van der Waals surface area contributed by atoms with Crippen LogP contribution >= 0.6 is 0 Å². The van der Waals surface area contributed by atoms with Gasteiger partial charge >= 0.3 is 0 Å². The fourth-order valence-corrected chi connectivity index (χ4v) is 2.98. The molecule has 1 saturated heterocycles. The first kappa shape index (κ1) is 16.1. The van der Waals surface area contributed by atoms with Crippen molar-refractivity contribution >= 4 is 5.91 Å². The van der Waals surface area contributed by atoms with Crippen LogP contribution in [-0.2, 0) is 11.3 Å². The van der Waals surface area contributed by atoms with Crippen LogP contribution in [0.1, 0.15) is 49.7 Å². The Kier molecular flexibility index (Phi) is 5.85. The van der Waals surface area contributed by atoms with Crippen LogP contribution in [0.5, 0.6) is 0 Å². The van der Waals surface area contributed by atoms with Gasteiger partial charge in [-0.1, -0.05) is 6.92 Å². The second kappa shape index (κ2) is 7.64. The Balaban J connectivity index is 1.79. The number of amides is 1. The summed E-state index contributed by atoms with van der Waals surface area (Å²) in [6.07, 6.45) is 3.97. The summed E-state index contributed by atoms with van der Waals surface area (Å²) in [5.74, 6) is 2.83. The van der Waals surface area contributed by atoms with Gasteiger partial charge in [-0.25, -0.2) is 0 Å². The first-order valence-electron chi connectivity index (χ1n) is 8.13. The van der Waals surface area contributed by atoms with E-state index < -0.39 is 0 Å². The van der Waals surface area contributed by atoms with Gasteiger partial charge in [0.05, 0.1) is 6.54 Å². The highest BCUT2D eigenvalue weighted by atomic mass is 16.3. The van der Waals surface area contributed by atoms with E-state index in [1.54, 1.807) is 0 Å². The van der Waals surface area contributed by atoms with Gasteiger partial charge in [0.2, 0.25) is 5.91 Å². The molecule has 4 heteroatoms. The lowest BCUT2D eigenvalue weighted by molar-refractivity contribution is -0.121. The van der Waals surface area contributed by atoms with Gasteiger partial charge in [0, 0.05) is 19.5 Å². The van der Waals surface area contributed by atoms with Crippen LogP contribution in [0.15, 0.2) is 10.5 Å². The molecule has 1 amide bonds. The van der Waals surface area contributed by atoms with E-state index in [-0.39, 0.29) is 5.91 Å². The number of carbonyl (C=O) groups excluding carboxylic acids is 1. The zero-order valence-corrected chi connectivity index (χ0v) is 13.6. The van der Waals surface area contributed by atoms with E-state index >= 15 is 0 Å². The molecule has 1 N–H and O–H groups in total. The summed E-state index contributed by atoms with van der Waals surface area (Å²) in [7, 11) is 0. The Morgan fingerprint density at radius 2 is 2.29 bits per heavy atom. The predicted molar refractivity (Wildman–Crippen MR) is 84.1 cm³/mol. The summed E-state index contributed by atoms with van der Waals surface area (Å²) in [6, 6.07) is 2.14. The summed E-state index contributed by atoms with van der Waals surface area (Å²) in [6.45, 7) is 10.0. The second-order valence-electron chi connectivity index (χ2n) is 6.25. The molecule has 0 saturated carbocycles. The van der Waals surface area contributed by atoms with Crippen LogP contribution in [0, 0.1) is 19.8 Å². The molecule has 0 aromatic carbocycles. The third-order valence-electron chi connectivity index (χ3n) is 4.26. The smallest absolute Gasteiger partial charge is 0.219 e. The lowest BCUT2D eigenvalue weighted by Crippen LogP contribution is -2.40. The number of carbonyl (C=O) groups is 1. The van der Waals surface area contributed by atoms with Crippen molar-refractivity contribution < 1.29 is 9.21 Å². The SMILES string of the molecule is CCCC(=O)NCC1CCCN(Cc2cc(C)c(C)o2)C1. The zero-order valence-electron chi connectivity index (χ0n) is 13.6. The highest BCUT2D eigenvalue weighted by molar-refractivity contribution is 5.75. The number of hydrogen-bond donors (Lipinski definition) is 1. The molecule has 1 aromatic rings. The van der Waals surface area contributed by atoms with Gasteiger partial charge in [-0.05, 0) is 57.2 Å². The summed E-state index contributed by atoms with van der Waals surface area (Å²) < 4.78 is 5.77. The van der Waals surface area contributed by atoms with E-state index in [9.17, 15) is 4.79 Å². The van der Waals surface area contributed by atoms with E-state index in [2.05, 4.69) is 23.2 Å². The molecule has 0 aliphatic carbocycles. The summed E-state index contributed by atoms with van der Waals surface area (Å²) >= 11 is 0. The van der Waals surface area contributed by atoms with Crippen molar-refractivity contribution in [3.63, 3.8) is 0 Å². The van der Waals surface area contributed by atoms with Crippen molar-refractivity contribution in [1.29, 1.82) is 0 Å². The van der Waals surface area contributed by atoms with Gasteiger partial charge < -0.3 is 9.73 Å². The van der Waals surface area contributed by atoms with Gasteiger partial charge in [0.15, 0.2) is 0 Å². The summed E-state index contributed by atoms with van der Waals surface area (Å²) in [5, 5.41) is 3.06. The lowest BCUT2D eigenvalue weighted by Gasteiger charge is -2.32. The number of likely N-dealkylation sites (tertiary alicyclic amines) is 1. The van der Waals surface area contributed by atoms with E-state index in [1.807, 2.05) is 13.8 Å². The van der Waals surface area contributed by atoms with Crippen LogP contribution in [0.25, 0.3) is 0 Å². The number of furan rings is 1. The molecule has 118 valence electrons. The van der Waals surface area contributed by atoms with E-state index in [0.717, 1.165) is 44.1 Å². The second-order valence-corrected chi connectivity index (χ2v) is 6.25. The fourth-order valence-electron chi connectivity index (χ4n) is 2.98. The minimum atomic E-state index is 0.187. The van der Waals surface area contributed by atoms with Crippen molar-refractivity contribution in [2.24, 2.45) is 5.92 Å². The fraction of sp³-hybridized carbons (Fsp3) is 0.706. The molecule has 2 rings (SSSR count). The third-order valence-corrected chi connectivity index (χ3v) is 4.26. The molecule has 1 aromatic heterocycles. The molecular weight excluding hydrogens is 264 g/mol. The van der Waals surface area contributed by atoms with Gasteiger partial charge in [0.1, 0.15) is 11.5 Å². The first-order valence-corrected chi connectivity index (χ1v) is 8.13. The highest BCUT2D eigenvalue weighted by Gasteiger charge is 2.21. The first-order chi connectivity index (χ1) is 10.1. The number of nitrogens with zero attached hydrogens (tertiary/aromatic N) is 1. The standard InChI is InChI=1S/C17H28N2O2/c1-4-6-17(20)18-10-15-7-5-8-19(11-15)12-16-9-13(2)14(3)21-16/h9,15H,4-8,10-12H2,1-3H3,(H,18,20). The van der Waals surface area contributed by atoms with Crippen LogP contribution in [0.4, 0.5) is 0 Å². The minimum absolute atomic E-state index is 0.187. The van der Waals surface area contributed by atoms with Gasteiger partial charge in [0.25, 0.3) is 0 Å². The molecule has 1 fully saturated rings. The summed E-state index contributed by atoms with van der Waals surface area (Å²) in [4.78, 5) is 14.0. The Morgan fingerprint density at radius 1 is 1.48 bits per heavy atom. The monoisotopic (exact) mass is 292 g/mol. The number of hydrogen-bond acceptors (Lipinski definition) is 3. The topological polar surface area (TPSA) is 45.5 Å². The molecule has 1 unspecified atom stereocenters. The number of piperidine rings is 1. The predicted octanol–water partition coefficient (Wildman–Crippen LogP) is 3.02. The molecule has 1 aliphatic rings. The molecular formula is C17H28N2O2. The summed E-state index contributed by atoms with van der Waals surface area (Å²) in [5.41, 5.74) is 1.23. The van der Waals surface area contributed by atoms with Gasteiger partial charge in [-0.15, -0.1) is 0 Å². The zero-order chi connectivity index (χ0) is 15.2. The van der Waals surface area contributed by atoms with Gasteiger partial charge in [-0.3, -0.25) is 9.69 Å². The van der Waals surface area contributed by atoms with Crippen molar-refractivity contribution in [2.75, 3.05) is 19.6 Å². The van der Waals surface area contributed by atoms with E-state index in [0.29, 0.717) is 12.3 Å². The molecule has 1 atom stereocenters. The lowest BCUT2D eigenvalue weighted by atomic mass is 9.98. The molecule has 0 radical (unpaired) electrons. The average Bonchev–Trinajstić information content (AvgIpc) is 2.76. The van der Waals surface area contributed by atoms with Gasteiger partial charge in [-0.2, -0.15) is 0 Å². The Labute approximate surface area is 127 Å². The number of aryl methyl sites for hydroxylation is 2. The van der Waals surface area contributed by atoms with E-state index in [4.69, 9.17) is 4.42 Å². The van der Waals surface area contributed by atoms with Crippen LogP contribution in [0.2, 0.25) is 0 Å². The largest absolute Gasteiger partial charge is 0.465 e. The maximum Gasteiger partial charge on any atom is 0.219 e.